The Morgan fingerprint density at radius 3 is 2.76 bits per heavy atom. The number of amides is 3. The summed E-state index contributed by atoms with van der Waals surface area (Å²) in [4.78, 5) is 44.9. The number of anilines is 2. The number of fused-ring (bicyclic) bond motifs is 8. The third-order valence-corrected chi connectivity index (χ3v) is 8.10. The van der Waals surface area contributed by atoms with Gasteiger partial charge in [-0.15, -0.1) is 0 Å². The first kappa shape index (κ1) is 19.4. The van der Waals surface area contributed by atoms with E-state index in [4.69, 9.17) is 21.1 Å². The van der Waals surface area contributed by atoms with Crippen molar-refractivity contribution in [1.82, 2.24) is 4.90 Å². The average Bonchev–Trinajstić information content (AvgIpc) is 3.55. The molecule has 3 fully saturated rings. The Bertz CT molecular complexity index is 1300. The minimum atomic E-state index is -1.24. The maximum Gasteiger partial charge on any atom is 0.250 e. The van der Waals surface area contributed by atoms with Crippen LogP contribution in [-0.2, 0) is 19.9 Å². The van der Waals surface area contributed by atoms with E-state index < -0.39 is 17.4 Å². The molecule has 0 unspecified atom stereocenters. The largest absolute Gasteiger partial charge is 0.454 e. The molecule has 3 saturated heterocycles. The van der Waals surface area contributed by atoms with Crippen molar-refractivity contribution in [1.29, 1.82) is 0 Å². The second-order valence-electron chi connectivity index (χ2n) is 9.32. The molecule has 168 valence electrons. The number of nitrogens with zero attached hydrogens (tertiary/aromatic N) is 2. The molecule has 4 atom stereocenters. The van der Waals surface area contributed by atoms with Gasteiger partial charge in [0.15, 0.2) is 11.5 Å². The quantitative estimate of drug-likeness (QED) is 0.652. The Morgan fingerprint density at radius 2 is 1.91 bits per heavy atom. The normalized spacial score (nSPS) is 31.4. The molecule has 33 heavy (non-hydrogen) atoms. The summed E-state index contributed by atoms with van der Waals surface area (Å²) in [6.07, 6.45) is 1.63. The summed E-state index contributed by atoms with van der Waals surface area (Å²) in [7, 11) is 0. The summed E-state index contributed by atoms with van der Waals surface area (Å²) in [6, 6.07) is 8.44. The first-order chi connectivity index (χ1) is 15.9. The van der Waals surface area contributed by atoms with E-state index in [9.17, 15) is 14.4 Å². The Balaban J connectivity index is 1.42. The number of aryl methyl sites for hydroxylation is 1. The van der Waals surface area contributed by atoms with Crippen molar-refractivity contribution in [2.24, 2.45) is 11.8 Å². The van der Waals surface area contributed by atoms with Gasteiger partial charge in [0.05, 0.1) is 17.5 Å². The zero-order valence-electron chi connectivity index (χ0n) is 17.8. The Labute approximate surface area is 194 Å². The van der Waals surface area contributed by atoms with E-state index in [0.717, 1.165) is 18.4 Å². The van der Waals surface area contributed by atoms with Crippen molar-refractivity contribution in [2.45, 2.75) is 31.3 Å². The Morgan fingerprint density at radius 1 is 1.09 bits per heavy atom. The van der Waals surface area contributed by atoms with E-state index in [-0.39, 0.29) is 30.6 Å². The van der Waals surface area contributed by atoms with Gasteiger partial charge >= 0.3 is 0 Å². The van der Waals surface area contributed by atoms with E-state index in [0.29, 0.717) is 40.0 Å². The van der Waals surface area contributed by atoms with Gasteiger partial charge in [-0.2, -0.15) is 0 Å². The number of hydrogen-bond donors (Lipinski definition) is 1. The summed E-state index contributed by atoms with van der Waals surface area (Å²) < 4.78 is 10.8. The lowest BCUT2D eigenvalue weighted by atomic mass is 9.75. The van der Waals surface area contributed by atoms with Crippen molar-refractivity contribution >= 4 is 40.7 Å². The van der Waals surface area contributed by atoms with Crippen LogP contribution in [0.1, 0.15) is 24.0 Å². The molecule has 0 aromatic heterocycles. The summed E-state index contributed by atoms with van der Waals surface area (Å²) in [5.74, 6) is -1.23. The summed E-state index contributed by atoms with van der Waals surface area (Å²) >= 11 is 6.42. The van der Waals surface area contributed by atoms with Crippen LogP contribution in [0.3, 0.4) is 0 Å². The van der Waals surface area contributed by atoms with Crippen molar-refractivity contribution in [2.75, 3.05) is 23.6 Å². The molecule has 5 heterocycles. The van der Waals surface area contributed by atoms with Crippen molar-refractivity contribution in [3.05, 3.63) is 46.5 Å². The number of benzene rings is 2. The van der Waals surface area contributed by atoms with Crippen LogP contribution >= 0.6 is 11.6 Å². The van der Waals surface area contributed by atoms with Gasteiger partial charge in [-0.3, -0.25) is 19.3 Å². The fourth-order valence-corrected chi connectivity index (χ4v) is 6.99. The third-order valence-electron chi connectivity index (χ3n) is 7.88. The minimum Gasteiger partial charge on any atom is -0.454 e. The standard InChI is InChI=1S/C24H20ClN3O5/c1-11-7-12(25)8-14-20(11)26-23(31)24(14)19-18(15-3-2-6-27(15)24)21(29)28(22(19)30)13-4-5-16-17(9-13)33-10-32-16/h4-5,7-9,15,18-19H,2-3,6,10H2,1H3,(H,26,31)/t15-,18+,19-,24+/m0/s1. The smallest absolute Gasteiger partial charge is 0.250 e. The number of hydrogen-bond acceptors (Lipinski definition) is 6. The topological polar surface area (TPSA) is 88.2 Å². The first-order valence-corrected chi connectivity index (χ1v) is 11.5. The monoisotopic (exact) mass is 465 g/mol. The van der Waals surface area contributed by atoms with E-state index >= 15 is 0 Å². The highest BCUT2D eigenvalue weighted by atomic mass is 35.5. The summed E-state index contributed by atoms with van der Waals surface area (Å²) in [5.41, 5.74) is 1.42. The number of nitrogens with one attached hydrogen (secondary N) is 1. The zero-order valence-corrected chi connectivity index (χ0v) is 18.5. The van der Waals surface area contributed by atoms with Gasteiger partial charge in [-0.05, 0) is 56.1 Å². The van der Waals surface area contributed by atoms with Crippen LogP contribution in [0.15, 0.2) is 30.3 Å². The van der Waals surface area contributed by atoms with Gasteiger partial charge in [0.25, 0.3) is 0 Å². The van der Waals surface area contributed by atoms with Gasteiger partial charge in [0.1, 0.15) is 5.54 Å². The molecule has 5 aliphatic heterocycles. The van der Waals surface area contributed by atoms with Gasteiger partial charge in [0, 0.05) is 28.4 Å². The molecule has 1 spiro atoms. The number of halogens is 1. The van der Waals surface area contributed by atoms with Crippen LogP contribution in [0, 0.1) is 18.8 Å². The lowest BCUT2D eigenvalue weighted by Crippen LogP contribution is -2.54. The van der Waals surface area contributed by atoms with Crippen LogP contribution in [0.4, 0.5) is 11.4 Å². The second kappa shape index (κ2) is 6.27. The lowest BCUT2D eigenvalue weighted by molar-refractivity contribution is -0.135. The van der Waals surface area contributed by atoms with Crippen molar-refractivity contribution in [3.63, 3.8) is 0 Å². The van der Waals surface area contributed by atoms with Gasteiger partial charge < -0.3 is 14.8 Å². The third kappa shape index (κ3) is 2.18. The molecule has 3 amide bonds. The molecule has 0 aliphatic carbocycles. The maximum atomic E-state index is 14.0. The van der Waals surface area contributed by atoms with Crippen molar-refractivity contribution in [3.8, 4) is 11.5 Å². The van der Waals surface area contributed by atoms with E-state index in [2.05, 4.69) is 10.2 Å². The Kier molecular flexibility index (Phi) is 3.68. The fraction of sp³-hybridized carbons (Fsp3) is 0.375. The highest BCUT2D eigenvalue weighted by Crippen LogP contribution is 2.61. The van der Waals surface area contributed by atoms with E-state index in [1.54, 1.807) is 30.3 Å². The summed E-state index contributed by atoms with van der Waals surface area (Å²) in [6.45, 7) is 2.64. The van der Waals surface area contributed by atoms with Crippen LogP contribution in [0.25, 0.3) is 0 Å². The van der Waals surface area contributed by atoms with E-state index in [1.807, 2.05) is 6.92 Å². The van der Waals surface area contributed by atoms with Crippen molar-refractivity contribution < 1.29 is 23.9 Å². The van der Waals surface area contributed by atoms with E-state index in [1.165, 1.54) is 4.90 Å². The van der Waals surface area contributed by atoms with Crippen LogP contribution < -0.4 is 19.7 Å². The maximum absolute atomic E-state index is 14.0. The molecule has 1 N–H and O–H groups in total. The molecule has 2 aromatic rings. The molecular weight excluding hydrogens is 446 g/mol. The Hall–Kier alpha value is -3.10. The second-order valence-corrected chi connectivity index (χ2v) is 9.76. The average molecular weight is 466 g/mol. The number of ether oxygens (including phenoxy) is 2. The fourth-order valence-electron chi connectivity index (χ4n) is 6.71. The first-order valence-electron chi connectivity index (χ1n) is 11.1. The number of carbonyl (C=O) groups excluding carboxylic acids is 3. The lowest BCUT2D eigenvalue weighted by Gasteiger charge is -2.36. The number of rotatable bonds is 1. The molecule has 8 nitrogen and oxygen atoms in total. The molecular formula is C24H20ClN3O5. The molecule has 7 rings (SSSR count). The number of imide groups is 1. The van der Waals surface area contributed by atoms with Gasteiger partial charge in [-0.25, -0.2) is 4.90 Å². The van der Waals surface area contributed by atoms with Crippen LogP contribution in [-0.4, -0.2) is 42.0 Å². The predicted octanol–water partition coefficient (Wildman–Crippen LogP) is 2.81. The van der Waals surface area contributed by atoms with Gasteiger partial charge in [0.2, 0.25) is 24.5 Å². The molecule has 9 heteroatoms. The predicted molar refractivity (Wildman–Crippen MR) is 118 cm³/mol. The highest BCUT2D eigenvalue weighted by Gasteiger charge is 2.74. The molecule has 0 radical (unpaired) electrons. The number of carbonyl (C=O) groups is 3. The SMILES string of the molecule is Cc1cc(Cl)cc2c1NC(=O)[C@]21[C@@H]2C(=O)N(c3ccc4c(c3)OCO4)C(=O)[C@@H]2[C@@H]2CCCN21. The molecule has 0 bridgehead atoms. The summed E-state index contributed by atoms with van der Waals surface area (Å²) in [5, 5.41) is 3.52. The highest BCUT2D eigenvalue weighted by molar-refractivity contribution is 6.31. The molecule has 2 aromatic carbocycles. The van der Waals surface area contributed by atoms with Crippen LogP contribution in [0.2, 0.25) is 5.02 Å². The molecule has 0 saturated carbocycles. The van der Waals surface area contributed by atoms with Crippen LogP contribution in [0.5, 0.6) is 11.5 Å². The van der Waals surface area contributed by atoms with Gasteiger partial charge in [-0.1, -0.05) is 11.6 Å². The molecule has 5 aliphatic rings. The zero-order chi connectivity index (χ0) is 22.6. The minimum absolute atomic E-state index is 0.100.